The summed E-state index contributed by atoms with van der Waals surface area (Å²) in [6, 6.07) is 2.92. The van der Waals surface area contributed by atoms with Crippen LogP contribution in [0, 0.1) is 11.7 Å². The highest BCUT2D eigenvalue weighted by molar-refractivity contribution is 6.19. The quantitative estimate of drug-likeness (QED) is 0.532. The van der Waals surface area contributed by atoms with Crippen molar-refractivity contribution in [1.82, 2.24) is 0 Å². The number of hydrogen-bond acceptors (Lipinski definition) is 0. The van der Waals surface area contributed by atoms with Crippen LogP contribution in [0.15, 0.2) is 23.8 Å². The predicted molar refractivity (Wildman–Crippen MR) is 64.9 cm³/mol. The average molecular weight is 281 g/mol. The van der Waals surface area contributed by atoms with Gasteiger partial charge in [0.2, 0.25) is 0 Å². The lowest BCUT2D eigenvalue weighted by Gasteiger charge is -2.11. The van der Waals surface area contributed by atoms with E-state index in [4.69, 9.17) is 11.6 Å². The van der Waals surface area contributed by atoms with Crippen molar-refractivity contribution < 1.29 is 17.6 Å². The maximum atomic E-state index is 13.1. The van der Waals surface area contributed by atoms with E-state index >= 15 is 0 Å². The van der Waals surface area contributed by atoms with Crippen LogP contribution in [0.2, 0.25) is 0 Å². The lowest BCUT2D eigenvalue weighted by atomic mass is 10.0. The number of rotatable bonds is 3. The van der Waals surface area contributed by atoms with Crippen molar-refractivity contribution in [2.75, 3.05) is 5.88 Å². The van der Waals surface area contributed by atoms with Gasteiger partial charge in [-0.25, -0.2) is 4.39 Å². The standard InChI is InChI=1S/C13H13ClF4/c1-8(2)10(7-14)5-9-3-4-12(15)11(6-9)13(16,17)18/h3-6,8H,7H2,1-2H3/b10-5+. The van der Waals surface area contributed by atoms with Crippen LogP contribution in [0.4, 0.5) is 17.6 Å². The minimum absolute atomic E-state index is 0.127. The van der Waals surface area contributed by atoms with Crippen molar-refractivity contribution in [2.24, 2.45) is 5.92 Å². The largest absolute Gasteiger partial charge is 0.419 e. The fraction of sp³-hybridized carbons (Fsp3) is 0.385. The highest BCUT2D eigenvalue weighted by Gasteiger charge is 2.34. The van der Waals surface area contributed by atoms with Gasteiger partial charge in [0, 0.05) is 5.88 Å². The molecule has 5 heteroatoms. The summed E-state index contributed by atoms with van der Waals surface area (Å²) < 4.78 is 50.6. The number of halogens is 5. The molecule has 0 aliphatic carbocycles. The second-order valence-electron chi connectivity index (χ2n) is 4.24. The SMILES string of the molecule is CC(C)/C(=C/c1ccc(F)c(C(F)(F)F)c1)CCl. The van der Waals surface area contributed by atoms with Crippen molar-refractivity contribution in [3.8, 4) is 0 Å². The van der Waals surface area contributed by atoms with Gasteiger partial charge in [-0.2, -0.15) is 13.2 Å². The summed E-state index contributed by atoms with van der Waals surface area (Å²) in [5, 5.41) is 0. The van der Waals surface area contributed by atoms with Gasteiger partial charge in [-0.05, 0) is 23.6 Å². The summed E-state index contributed by atoms with van der Waals surface area (Å²) in [6.45, 7) is 3.78. The van der Waals surface area contributed by atoms with Crippen LogP contribution in [-0.2, 0) is 6.18 Å². The Bertz CT molecular complexity index is 447. The first-order chi connectivity index (χ1) is 8.25. The predicted octanol–water partition coefficient (Wildman–Crippen LogP) is 5.12. The van der Waals surface area contributed by atoms with E-state index in [0.29, 0.717) is 5.56 Å². The molecule has 0 aliphatic rings. The summed E-state index contributed by atoms with van der Waals surface area (Å²) in [5.41, 5.74) is -0.154. The van der Waals surface area contributed by atoms with Crippen molar-refractivity contribution in [3.63, 3.8) is 0 Å². The monoisotopic (exact) mass is 280 g/mol. The Labute approximate surface area is 108 Å². The minimum Gasteiger partial charge on any atom is -0.206 e. The molecule has 0 saturated carbocycles. The fourth-order valence-corrected chi connectivity index (χ4v) is 1.81. The van der Waals surface area contributed by atoms with E-state index in [1.807, 2.05) is 13.8 Å². The molecule has 0 N–H and O–H groups in total. The van der Waals surface area contributed by atoms with E-state index in [0.717, 1.165) is 17.7 Å². The van der Waals surface area contributed by atoms with E-state index < -0.39 is 17.6 Å². The van der Waals surface area contributed by atoms with Crippen molar-refractivity contribution >= 4 is 17.7 Å². The summed E-state index contributed by atoms with van der Waals surface area (Å²) in [6.07, 6.45) is -3.13. The molecule has 1 aromatic carbocycles. The highest BCUT2D eigenvalue weighted by atomic mass is 35.5. The van der Waals surface area contributed by atoms with Gasteiger partial charge in [0.05, 0.1) is 5.56 Å². The van der Waals surface area contributed by atoms with Crippen LogP contribution in [-0.4, -0.2) is 5.88 Å². The Balaban J connectivity index is 3.21. The lowest BCUT2D eigenvalue weighted by molar-refractivity contribution is -0.140. The third-order valence-corrected chi connectivity index (χ3v) is 2.85. The molecule has 1 rings (SSSR count). The number of alkyl halides is 4. The van der Waals surface area contributed by atoms with Crippen molar-refractivity contribution in [2.45, 2.75) is 20.0 Å². The van der Waals surface area contributed by atoms with Gasteiger partial charge in [0.15, 0.2) is 0 Å². The molecule has 0 aliphatic heterocycles. The molecule has 0 bridgehead atoms. The topological polar surface area (TPSA) is 0 Å². The maximum Gasteiger partial charge on any atom is 0.419 e. The van der Waals surface area contributed by atoms with Gasteiger partial charge < -0.3 is 0 Å². The second-order valence-corrected chi connectivity index (χ2v) is 4.51. The number of benzene rings is 1. The van der Waals surface area contributed by atoms with E-state index in [1.165, 1.54) is 6.07 Å². The van der Waals surface area contributed by atoms with Crippen LogP contribution in [0.1, 0.15) is 25.0 Å². The summed E-state index contributed by atoms with van der Waals surface area (Å²) in [4.78, 5) is 0. The Morgan fingerprint density at radius 3 is 2.39 bits per heavy atom. The molecule has 0 amide bonds. The molecule has 0 atom stereocenters. The molecular weight excluding hydrogens is 268 g/mol. The van der Waals surface area contributed by atoms with Gasteiger partial charge in [0.1, 0.15) is 5.82 Å². The Morgan fingerprint density at radius 2 is 1.94 bits per heavy atom. The summed E-state index contributed by atoms with van der Waals surface area (Å²) in [7, 11) is 0. The van der Waals surface area contributed by atoms with E-state index in [1.54, 1.807) is 6.08 Å². The molecule has 0 spiro atoms. The third kappa shape index (κ3) is 3.73. The Morgan fingerprint density at radius 1 is 1.33 bits per heavy atom. The number of allylic oxidation sites excluding steroid dienone is 1. The molecule has 100 valence electrons. The smallest absolute Gasteiger partial charge is 0.206 e. The molecule has 0 nitrogen and oxygen atoms in total. The van der Waals surface area contributed by atoms with Gasteiger partial charge in [-0.1, -0.05) is 31.6 Å². The highest BCUT2D eigenvalue weighted by Crippen LogP contribution is 2.32. The summed E-state index contributed by atoms with van der Waals surface area (Å²) >= 11 is 5.71. The molecule has 0 aromatic heterocycles. The third-order valence-electron chi connectivity index (χ3n) is 2.54. The first-order valence-electron chi connectivity index (χ1n) is 5.39. The van der Waals surface area contributed by atoms with Crippen LogP contribution in [0.25, 0.3) is 6.08 Å². The zero-order valence-corrected chi connectivity index (χ0v) is 10.7. The average Bonchev–Trinajstić information content (AvgIpc) is 2.25. The molecule has 1 aromatic rings. The molecule has 18 heavy (non-hydrogen) atoms. The van der Waals surface area contributed by atoms with E-state index in [2.05, 4.69) is 0 Å². The van der Waals surface area contributed by atoms with Crippen LogP contribution in [0.3, 0.4) is 0 Å². The van der Waals surface area contributed by atoms with Gasteiger partial charge in [-0.3, -0.25) is 0 Å². The Hall–Kier alpha value is -1.03. The molecule has 0 fully saturated rings. The normalized spacial score (nSPS) is 13.2. The lowest BCUT2D eigenvalue weighted by Crippen LogP contribution is -2.08. The first-order valence-corrected chi connectivity index (χ1v) is 5.92. The van der Waals surface area contributed by atoms with Gasteiger partial charge in [0.25, 0.3) is 0 Å². The molecule has 0 radical (unpaired) electrons. The maximum absolute atomic E-state index is 13.1. The van der Waals surface area contributed by atoms with Crippen molar-refractivity contribution in [1.29, 1.82) is 0 Å². The molecule has 0 unspecified atom stereocenters. The van der Waals surface area contributed by atoms with Crippen LogP contribution in [0.5, 0.6) is 0 Å². The fourth-order valence-electron chi connectivity index (χ4n) is 1.42. The van der Waals surface area contributed by atoms with E-state index in [-0.39, 0.29) is 11.8 Å². The molecular formula is C13H13ClF4. The molecule has 0 heterocycles. The minimum atomic E-state index is -4.69. The van der Waals surface area contributed by atoms with Crippen molar-refractivity contribution in [3.05, 3.63) is 40.7 Å². The van der Waals surface area contributed by atoms with E-state index in [9.17, 15) is 17.6 Å². The second kappa shape index (κ2) is 5.74. The zero-order valence-electron chi connectivity index (χ0n) is 9.98. The van der Waals surface area contributed by atoms with Crippen LogP contribution >= 0.6 is 11.6 Å². The molecule has 0 saturated heterocycles. The van der Waals surface area contributed by atoms with Gasteiger partial charge in [-0.15, -0.1) is 11.6 Å². The Kier molecular flexibility index (Phi) is 4.79. The van der Waals surface area contributed by atoms with Crippen LogP contribution < -0.4 is 0 Å². The zero-order chi connectivity index (χ0) is 13.9. The summed E-state index contributed by atoms with van der Waals surface area (Å²) in [5.74, 6) is -0.908. The first kappa shape index (κ1) is 15.0. The van der Waals surface area contributed by atoms with Gasteiger partial charge >= 0.3 is 6.18 Å². The number of hydrogen-bond donors (Lipinski definition) is 0.